The van der Waals surface area contributed by atoms with Crippen LogP contribution in [-0.2, 0) is 14.3 Å². The molecule has 276 valence electrons. The Morgan fingerprint density at radius 3 is 1.79 bits per heavy atom. The summed E-state index contributed by atoms with van der Waals surface area (Å²) in [5, 5.41) is 2.64. The molecule has 1 aromatic heterocycles. The first-order chi connectivity index (χ1) is 25.0. The van der Waals surface area contributed by atoms with Crippen molar-refractivity contribution in [1.29, 1.82) is 0 Å². The van der Waals surface area contributed by atoms with Gasteiger partial charge in [0.15, 0.2) is 0 Å². The number of carbonyl (C=O) groups is 4. The number of ether oxygens (including phenoxy) is 1. The number of carbonyl (C=O) groups excluding carboxylic acids is 4. The Hall–Kier alpha value is -4.77. The number of hydrogen-bond donors (Lipinski definition) is 1. The first-order valence-corrected chi connectivity index (χ1v) is 18.7. The SMILES string of the molecule is CC(C)(C)OC(=O)NCCC(=O)N1CCC(C(=O)N2CCC(N3CCN(C(=O)c4cc(-c5ccccc5)nc(-c5ccccc5)c4)CC3)CC2)CC1. The Bertz CT molecular complexity index is 1630. The van der Waals surface area contributed by atoms with Crippen LogP contribution in [0.5, 0.6) is 0 Å². The second-order valence-electron chi connectivity index (χ2n) is 15.1. The fourth-order valence-corrected chi connectivity index (χ4v) is 7.47. The van der Waals surface area contributed by atoms with Crippen LogP contribution in [0.3, 0.4) is 0 Å². The topological polar surface area (TPSA) is 115 Å². The molecule has 3 aliphatic heterocycles. The second kappa shape index (κ2) is 16.7. The molecular weight excluding hydrogens is 656 g/mol. The molecule has 0 bridgehead atoms. The van der Waals surface area contributed by atoms with E-state index >= 15 is 0 Å². The molecule has 6 rings (SSSR count). The number of rotatable bonds is 8. The molecule has 1 N–H and O–H groups in total. The van der Waals surface area contributed by atoms with Crippen molar-refractivity contribution in [2.24, 2.45) is 5.92 Å². The van der Waals surface area contributed by atoms with Crippen LogP contribution in [0.4, 0.5) is 4.79 Å². The summed E-state index contributed by atoms with van der Waals surface area (Å²) in [6.07, 6.45) is 2.86. The Kier molecular flexibility index (Phi) is 11.9. The van der Waals surface area contributed by atoms with Gasteiger partial charge in [-0.05, 0) is 58.6 Å². The van der Waals surface area contributed by atoms with Gasteiger partial charge < -0.3 is 24.8 Å². The molecule has 0 atom stereocenters. The van der Waals surface area contributed by atoms with Gasteiger partial charge >= 0.3 is 6.09 Å². The van der Waals surface area contributed by atoms with Crippen molar-refractivity contribution in [3.8, 4) is 22.5 Å². The zero-order chi connectivity index (χ0) is 36.7. The molecule has 0 unspecified atom stereocenters. The zero-order valence-corrected chi connectivity index (χ0v) is 30.8. The third-order valence-electron chi connectivity index (χ3n) is 10.3. The van der Waals surface area contributed by atoms with E-state index in [2.05, 4.69) is 10.2 Å². The molecular formula is C41H52N6O5. The molecule has 11 heteroatoms. The minimum atomic E-state index is -0.584. The van der Waals surface area contributed by atoms with Crippen molar-refractivity contribution in [3.05, 3.63) is 78.4 Å². The lowest BCUT2D eigenvalue weighted by atomic mass is 9.93. The Morgan fingerprint density at radius 1 is 0.712 bits per heavy atom. The fourth-order valence-electron chi connectivity index (χ4n) is 7.47. The van der Waals surface area contributed by atoms with Gasteiger partial charge in [0.2, 0.25) is 11.8 Å². The van der Waals surface area contributed by atoms with E-state index in [1.165, 1.54) is 0 Å². The van der Waals surface area contributed by atoms with Crippen molar-refractivity contribution in [3.63, 3.8) is 0 Å². The van der Waals surface area contributed by atoms with E-state index in [0.29, 0.717) is 50.6 Å². The van der Waals surface area contributed by atoms with Crippen molar-refractivity contribution >= 4 is 23.8 Å². The van der Waals surface area contributed by atoms with E-state index in [4.69, 9.17) is 9.72 Å². The lowest BCUT2D eigenvalue weighted by Gasteiger charge is -2.43. The van der Waals surface area contributed by atoms with Gasteiger partial charge in [-0.15, -0.1) is 0 Å². The summed E-state index contributed by atoms with van der Waals surface area (Å²) < 4.78 is 5.23. The number of pyridine rings is 1. The van der Waals surface area contributed by atoms with Gasteiger partial charge in [-0.1, -0.05) is 60.7 Å². The van der Waals surface area contributed by atoms with Crippen LogP contribution >= 0.6 is 0 Å². The monoisotopic (exact) mass is 708 g/mol. The van der Waals surface area contributed by atoms with E-state index < -0.39 is 11.7 Å². The van der Waals surface area contributed by atoms with Crippen LogP contribution in [0.2, 0.25) is 0 Å². The van der Waals surface area contributed by atoms with E-state index in [1.807, 2.05) is 82.6 Å². The van der Waals surface area contributed by atoms with E-state index in [-0.39, 0.29) is 36.6 Å². The number of likely N-dealkylation sites (tertiary alicyclic amines) is 2. The molecule has 3 aliphatic rings. The highest BCUT2D eigenvalue weighted by molar-refractivity contribution is 5.96. The third-order valence-corrected chi connectivity index (χ3v) is 10.3. The van der Waals surface area contributed by atoms with Gasteiger partial charge in [0.25, 0.3) is 5.91 Å². The number of amides is 4. The van der Waals surface area contributed by atoms with Crippen molar-refractivity contribution in [2.45, 2.75) is 64.5 Å². The summed E-state index contributed by atoms with van der Waals surface area (Å²) in [5.74, 6) is 0.156. The molecule has 3 saturated heterocycles. The third kappa shape index (κ3) is 9.56. The van der Waals surface area contributed by atoms with E-state index in [0.717, 1.165) is 61.5 Å². The normalized spacial score (nSPS) is 17.9. The minimum absolute atomic E-state index is 0.0146. The molecule has 0 aliphatic carbocycles. The maximum atomic E-state index is 13.9. The van der Waals surface area contributed by atoms with Crippen LogP contribution < -0.4 is 5.32 Å². The summed E-state index contributed by atoms with van der Waals surface area (Å²) in [7, 11) is 0. The predicted molar refractivity (Wildman–Crippen MR) is 200 cm³/mol. The molecule has 4 amide bonds. The molecule has 52 heavy (non-hydrogen) atoms. The molecule has 0 radical (unpaired) electrons. The highest BCUT2D eigenvalue weighted by Crippen LogP contribution is 2.27. The number of hydrogen-bond acceptors (Lipinski definition) is 7. The summed E-state index contributed by atoms with van der Waals surface area (Å²) in [6, 6.07) is 24.2. The van der Waals surface area contributed by atoms with Crippen molar-refractivity contribution in [2.75, 3.05) is 58.9 Å². The molecule has 3 aromatic rings. The summed E-state index contributed by atoms with van der Waals surface area (Å²) in [6.45, 7) is 11.2. The van der Waals surface area contributed by atoms with Crippen molar-refractivity contribution < 1.29 is 23.9 Å². The predicted octanol–water partition coefficient (Wildman–Crippen LogP) is 5.32. The smallest absolute Gasteiger partial charge is 0.407 e. The number of alkyl carbamates (subject to hydrolysis) is 1. The Balaban J connectivity index is 0.948. The largest absolute Gasteiger partial charge is 0.444 e. The molecule has 11 nitrogen and oxygen atoms in total. The highest BCUT2D eigenvalue weighted by Gasteiger charge is 2.34. The summed E-state index contributed by atoms with van der Waals surface area (Å²) in [5.41, 5.74) is 3.60. The Morgan fingerprint density at radius 2 is 1.25 bits per heavy atom. The lowest BCUT2D eigenvalue weighted by molar-refractivity contribution is -0.142. The molecule has 0 spiro atoms. The Labute approximate surface area is 307 Å². The number of piperazine rings is 1. The molecule has 4 heterocycles. The first kappa shape index (κ1) is 37.0. The summed E-state index contributed by atoms with van der Waals surface area (Å²) in [4.78, 5) is 65.1. The highest BCUT2D eigenvalue weighted by atomic mass is 16.6. The standard InChI is InChI=1S/C41H52N6O5/c1-41(2,3)52-40(51)42-19-14-37(48)45-20-15-32(16-21-45)38(49)46-22-17-34(18-23-46)44-24-26-47(27-25-44)39(50)33-28-35(30-10-6-4-7-11-30)43-36(29-33)31-12-8-5-9-13-31/h4-13,28-29,32,34H,14-27H2,1-3H3,(H,42,51). The number of benzene rings is 2. The maximum absolute atomic E-state index is 13.9. The molecule has 0 saturated carbocycles. The number of nitrogens with one attached hydrogen (secondary N) is 1. The second-order valence-corrected chi connectivity index (χ2v) is 15.1. The molecule has 2 aromatic carbocycles. The van der Waals surface area contributed by atoms with Crippen LogP contribution in [-0.4, -0.2) is 119 Å². The van der Waals surface area contributed by atoms with Crippen LogP contribution in [0.25, 0.3) is 22.5 Å². The first-order valence-electron chi connectivity index (χ1n) is 18.7. The van der Waals surface area contributed by atoms with E-state index in [9.17, 15) is 19.2 Å². The van der Waals surface area contributed by atoms with Gasteiger partial charge in [-0.25, -0.2) is 9.78 Å². The number of nitrogens with zero attached hydrogens (tertiary/aromatic N) is 5. The van der Waals surface area contributed by atoms with Gasteiger partial charge in [0, 0.05) is 94.0 Å². The van der Waals surface area contributed by atoms with Crippen LogP contribution in [0.1, 0.15) is 63.2 Å². The van der Waals surface area contributed by atoms with Gasteiger partial charge in [0.05, 0.1) is 11.4 Å². The van der Waals surface area contributed by atoms with Gasteiger partial charge in [-0.2, -0.15) is 0 Å². The van der Waals surface area contributed by atoms with Crippen LogP contribution in [0, 0.1) is 5.92 Å². The van der Waals surface area contributed by atoms with Gasteiger partial charge in [0.1, 0.15) is 5.60 Å². The minimum Gasteiger partial charge on any atom is -0.444 e. The summed E-state index contributed by atoms with van der Waals surface area (Å²) >= 11 is 0. The van der Waals surface area contributed by atoms with Crippen LogP contribution in [0.15, 0.2) is 72.8 Å². The number of aromatic nitrogens is 1. The van der Waals surface area contributed by atoms with Crippen molar-refractivity contribution in [1.82, 2.24) is 29.9 Å². The average molecular weight is 709 g/mol. The van der Waals surface area contributed by atoms with Gasteiger partial charge in [-0.3, -0.25) is 19.3 Å². The zero-order valence-electron chi connectivity index (χ0n) is 30.8. The lowest BCUT2D eigenvalue weighted by Crippen LogP contribution is -2.55. The maximum Gasteiger partial charge on any atom is 0.407 e. The average Bonchev–Trinajstić information content (AvgIpc) is 3.17. The fraction of sp³-hybridized carbons (Fsp3) is 0.488. The number of piperidine rings is 2. The molecule has 3 fully saturated rings. The quantitative estimate of drug-likeness (QED) is 0.337. The van der Waals surface area contributed by atoms with E-state index in [1.54, 1.807) is 25.7 Å².